The van der Waals surface area contributed by atoms with Crippen LogP contribution in [0.25, 0.3) is 15.6 Å². The Morgan fingerprint density at radius 2 is 2.22 bits per heavy atom. The zero-order valence-electron chi connectivity index (χ0n) is 9.49. The highest BCUT2D eigenvalue weighted by Crippen LogP contribution is 2.24. The van der Waals surface area contributed by atoms with Crippen LogP contribution in [0.15, 0.2) is 27.9 Å². The van der Waals surface area contributed by atoms with Crippen LogP contribution in [0.5, 0.6) is 0 Å². The molecule has 0 aliphatic carbocycles. The van der Waals surface area contributed by atoms with Crippen molar-refractivity contribution < 1.29 is 0 Å². The summed E-state index contributed by atoms with van der Waals surface area (Å²) in [6, 6.07) is 3.40. The molecule has 3 aromatic heterocycles. The molecule has 3 aromatic rings. The van der Waals surface area contributed by atoms with Crippen molar-refractivity contribution in [2.24, 2.45) is 0 Å². The van der Waals surface area contributed by atoms with E-state index in [0.29, 0.717) is 5.02 Å². The fraction of sp³-hybridized carbons (Fsp3) is 0.167. The van der Waals surface area contributed by atoms with Gasteiger partial charge in [-0.25, -0.2) is 0 Å². The van der Waals surface area contributed by atoms with Crippen molar-refractivity contribution in [3.05, 3.63) is 49.6 Å². The van der Waals surface area contributed by atoms with E-state index in [2.05, 4.69) is 4.37 Å². The van der Waals surface area contributed by atoms with E-state index >= 15 is 0 Å². The maximum Gasteiger partial charge on any atom is 0.271 e. The number of rotatable bonds is 1. The fourth-order valence-electron chi connectivity index (χ4n) is 2.17. The smallest absolute Gasteiger partial charge is 0.271 e. The second-order valence-electron chi connectivity index (χ2n) is 3.97. The molecule has 3 heterocycles. The molecule has 3 rings (SSSR count). The summed E-state index contributed by atoms with van der Waals surface area (Å²) in [7, 11) is 0. The third kappa shape index (κ3) is 1.44. The van der Waals surface area contributed by atoms with Gasteiger partial charge in [-0.15, -0.1) is 0 Å². The standard InChI is InChI=1S/C12H9ClN2O2S/c1-2-7-8-5-6(13)3-4-15(8)12(17)9-10(7)18-14-11(9)16/h3-5H,2H2,1H3,(H,14,16). The number of pyridine rings is 2. The fourth-order valence-corrected chi connectivity index (χ4v) is 3.28. The van der Waals surface area contributed by atoms with E-state index in [1.807, 2.05) is 6.92 Å². The lowest BCUT2D eigenvalue weighted by Crippen LogP contribution is -2.19. The minimum atomic E-state index is -0.320. The Hall–Kier alpha value is -1.59. The second-order valence-corrected chi connectivity index (χ2v) is 5.23. The first-order chi connectivity index (χ1) is 8.63. The Kier molecular flexibility index (Phi) is 2.53. The van der Waals surface area contributed by atoms with Crippen LogP contribution in [0.1, 0.15) is 12.5 Å². The first-order valence-electron chi connectivity index (χ1n) is 5.47. The second kappa shape index (κ2) is 3.96. The summed E-state index contributed by atoms with van der Waals surface area (Å²) in [4.78, 5) is 23.9. The van der Waals surface area contributed by atoms with Crippen LogP contribution in [0, 0.1) is 0 Å². The Balaban J connectivity index is 2.72. The molecule has 0 aromatic carbocycles. The third-order valence-electron chi connectivity index (χ3n) is 2.99. The predicted octanol–water partition coefficient (Wildman–Crippen LogP) is 2.42. The topological polar surface area (TPSA) is 54.3 Å². The molecule has 0 radical (unpaired) electrons. The van der Waals surface area contributed by atoms with Gasteiger partial charge in [0, 0.05) is 11.2 Å². The van der Waals surface area contributed by atoms with Crippen LogP contribution in [-0.4, -0.2) is 8.77 Å². The molecule has 0 spiro atoms. The number of aryl methyl sites for hydroxylation is 1. The SMILES string of the molecule is CCc1c2s[nH]c(=O)c2c(=O)n2ccc(Cl)cc12. The zero-order valence-corrected chi connectivity index (χ0v) is 11.1. The van der Waals surface area contributed by atoms with Crippen molar-refractivity contribution in [2.75, 3.05) is 0 Å². The van der Waals surface area contributed by atoms with Crippen LogP contribution >= 0.6 is 23.1 Å². The van der Waals surface area contributed by atoms with Gasteiger partial charge in [0.15, 0.2) is 0 Å². The maximum atomic E-state index is 12.3. The van der Waals surface area contributed by atoms with E-state index < -0.39 is 0 Å². The van der Waals surface area contributed by atoms with Gasteiger partial charge in [-0.1, -0.05) is 30.1 Å². The molecule has 0 fully saturated rings. The molecule has 1 N–H and O–H groups in total. The molecule has 0 amide bonds. The minimum absolute atomic E-state index is 0.233. The predicted molar refractivity (Wildman–Crippen MR) is 74.1 cm³/mol. The Bertz CT molecular complexity index is 875. The molecular formula is C12H9ClN2O2S. The number of aromatic amines is 1. The number of aromatic nitrogens is 2. The average Bonchev–Trinajstić information content (AvgIpc) is 2.72. The van der Waals surface area contributed by atoms with Crippen LogP contribution in [0.3, 0.4) is 0 Å². The quantitative estimate of drug-likeness (QED) is 0.744. The van der Waals surface area contributed by atoms with Crippen molar-refractivity contribution in [2.45, 2.75) is 13.3 Å². The van der Waals surface area contributed by atoms with Gasteiger partial charge >= 0.3 is 0 Å². The van der Waals surface area contributed by atoms with Gasteiger partial charge in [-0.3, -0.25) is 18.4 Å². The third-order valence-corrected chi connectivity index (χ3v) is 4.16. The maximum absolute atomic E-state index is 12.3. The van der Waals surface area contributed by atoms with Crippen LogP contribution in [-0.2, 0) is 6.42 Å². The van der Waals surface area contributed by atoms with Crippen LogP contribution in [0.4, 0.5) is 0 Å². The van der Waals surface area contributed by atoms with Crippen molar-refractivity contribution in [1.82, 2.24) is 8.77 Å². The number of fused-ring (bicyclic) bond motifs is 2. The van der Waals surface area contributed by atoms with Crippen molar-refractivity contribution in [3.8, 4) is 0 Å². The van der Waals surface area contributed by atoms with Crippen molar-refractivity contribution in [1.29, 1.82) is 0 Å². The zero-order chi connectivity index (χ0) is 12.9. The van der Waals surface area contributed by atoms with Gasteiger partial charge in [0.25, 0.3) is 11.1 Å². The lowest BCUT2D eigenvalue weighted by molar-refractivity contribution is 1.07. The molecule has 6 heteroatoms. The minimum Gasteiger partial charge on any atom is -0.283 e. The Labute approximate surface area is 111 Å². The number of nitrogens with one attached hydrogen (secondary N) is 1. The lowest BCUT2D eigenvalue weighted by atomic mass is 10.1. The van der Waals surface area contributed by atoms with E-state index in [1.54, 1.807) is 18.3 Å². The lowest BCUT2D eigenvalue weighted by Gasteiger charge is -2.07. The van der Waals surface area contributed by atoms with Gasteiger partial charge in [0.2, 0.25) is 0 Å². The first-order valence-corrected chi connectivity index (χ1v) is 6.67. The summed E-state index contributed by atoms with van der Waals surface area (Å²) in [5.74, 6) is 0. The molecule has 92 valence electrons. The largest absolute Gasteiger partial charge is 0.283 e. The first kappa shape index (κ1) is 11.5. The molecule has 4 nitrogen and oxygen atoms in total. The molecule has 18 heavy (non-hydrogen) atoms. The van der Waals surface area contributed by atoms with Gasteiger partial charge in [-0.2, -0.15) is 0 Å². The van der Waals surface area contributed by atoms with Gasteiger partial charge in [0.1, 0.15) is 5.39 Å². The summed E-state index contributed by atoms with van der Waals surface area (Å²) < 4.78 is 4.83. The van der Waals surface area contributed by atoms with Crippen molar-refractivity contribution >= 4 is 38.7 Å². The monoisotopic (exact) mass is 280 g/mol. The molecule has 0 aliphatic rings. The Morgan fingerprint density at radius 3 is 2.94 bits per heavy atom. The van der Waals surface area contributed by atoms with E-state index in [0.717, 1.165) is 22.2 Å². The highest BCUT2D eigenvalue weighted by Gasteiger charge is 2.15. The number of halogens is 1. The Morgan fingerprint density at radius 1 is 1.44 bits per heavy atom. The molecule has 0 bridgehead atoms. The summed E-state index contributed by atoms with van der Waals surface area (Å²) in [6.45, 7) is 1.99. The summed E-state index contributed by atoms with van der Waals surface area (Å²) in [5.41, 5.74) is 1.11. The molecular weight excluding hydrogens is 272 g/mol. The van der Waals surface area contributed by atoms with Gasteiger partial charge in [0.05, 0.1) is 10.2 Å². The van der Waals surface area contributed by atoms with Crippen LogP contribution < -0.4 is 11.1 Å². The number of H-pyrrole nitrogens is 1. The van der Waals surface area contributed by atoms with Crippen molar-refractivity contribution in [3.63, 3.8) is 0 Å². The summed E-state index contributed by atoms with van der Waals surface area (Å²) in [6.07, 6.45) is 2.34. The molecule has 0 atom stereocenters. The average molecular weight is 281 g/mol. The number of hydrogen-bond donors (Lipinski definition) is 1. The normalized spacial score (nSPS) is 11.4. The van der Waals surface area contributed by atoms with E-state index in [-0.39, 0.29) is 16.5 Å². The van der Waals surface area contributed by atoms with E-state index in [1.165, 1.54) is 15.9 Å². The number of nitrogens with zero attached hydrogens (tertiary/aromatic N) is 1. The van der Waals surface area contributed by atoms with Gasteiger partial charge in [-0.05, 0) is 24.1 Å². The molecule has 0 aliphatic heterocycles. The summed E-state index contributed by atoms with van der Waals surface area (Å²) >= 11 is 7.18. The molecule has 0 saturated heterocycles. The molecule has 0 unspecified atom stereocenters. The van der Waals surface area contributed by atoms with E-state index in [9.17, 15) is 9.59 Å². The van der Waals surface area contributed by atoms with Crippen LogP contribution in [0.2, 0.25) is 5.02 Å². The van der Waals surface area contributed by atoms with E-state index in [4.69, 9.17) is 11.6 Å². The highest BCUT2D eigenvalue weighted by atomic mass is 35.5. The summed E-state index contributed by atoms with van der Waals surface area (Å²) in [5, 5.41) is 0.808. The highest BCUT2D eigenvalue weighted by molar-refractivity contribution is 7.13. The molecule has 0 saturated carbocycles. The van der Waals surface area contributed by atoms with Gasteiger partial charge < -0.3 is 0 Å². The number of hydrogen-bond acceptors (Lipinski definition) is 3.